The van der Waals surface area contributed by atoms with Crippen LogP contribution in [0.2, 0.25) is 0 Å². The van der Waals surface area contributed by atoms with Crippen molar-refractivity contribution in [3.8, 4) is 0 Å². The molecule has 4 nitrogen and oxygen atoms in total. The van der Waals surface area contributed by atoms with Crippen molar-refractivity contribution in [3.63, 3.8) is 0 Å². The van der Waals surface area contributed by atoms with E-state index in [1.807, 2.05) is 37.3 Å². The van der Waals surface area contributed by atoms with Gasteiger partial charge >= 0.3 is 6.18 Å². The second-order valence-electron chi connectivity index (χ2n) is 5.51. The summed E-state index contributed by atoms with van der Waals surface area (Å²) >= 11 is 0. The fraction of sp³-hybridized carbons (Fsp3) is 0.588. The number of rotatable bonds is 9. The smallest absolute Gasteiger partial charge is 0.389 e. The predicted molar refractivity (Wildman–Crippen MR) is 90.2 cm³/mol. The Kier molecular flexibility index (Phi) is 9.22. The Morgan fingerprint density at radius 1 is 1.17 bits per heavy atom. The van der Waals surface area contributed by atoms with Crippen molar-refractivity contribution in [1.29, 1.82) is 0 Å². The van der Waals surface area contributed by atoms with Gasteiger partial charge in [-0.15, -0.1) is 0 Å². The lowest BCUT2D eigenvalue weighted by molar-refractivity contribution is -0.135. The van der Waals surface area contributed by atoms with E-state index in [-0.39, 0.29) is 18.9 Å². The Morgan fingerprint density at radius 3 is 2.46 bits per heavy atom. The highest BCUT2D eigenvalue weighted by Gasteiger charge is 2.25. The molecule has 0 aromatic heterocycles. The van der Waals surface area contributed by atoms with Crippen LogP contribution in [0.5, 0.6) is 0 Å². The minimum Gasteiger partial charge on any atom is -0.396 e. The van der Waals surface area contributed by atoms with Crippen molar-refractivity contribution in [2.45, 2.75) is 38.3 Å². The largest absolute Gasteiger partial charge is 0.396 e. The molecule has 0 aliphatic carbocycles. The summed E-state index contributed by atoms with van der Waals surface area (Å²) in [6.07, 6.45) is -4.34. The van der Waals surface area contributed by atoms with Gasteiger partial charge < -0.3 is 15.7 Å². The van der Waals surface area contributed by atoms with Crippen LogP contribution < -0.4 is 10.6 Å². The molecule has 1 aromatic carbocycles. The second-order valence-corrected chi connectivity index (χ2v) is 5.51. The molecule has 0 aliphatic heterocycles. The van der Waals surface area contributed by atoms with Crippen molar-refractivity contribution in [1.82, 2.24) is 10.6 Å². The molecular formula is C17H26F3N3O. The van der Waals surface area contributed by atoms with Crippen molar-refractivity contribution in [2.24, 2.45) is 4.99 Å². The zero-order chi connectivity index (χ0) is 17.8. The SMILES string of the molecule is CCNC(=NCC(CO)c1ccccc1)NCCCCC(F)(F)F. The summed E-state index contributed by atoms with van der Waals surface area (Å²) in [7, 11) is 0. The van der Waals surface area contributed by atoms with E-state index in [0.717, 1.165) is 5.56 Å². The van der Waals surface area contributed by atoms with Crippen LogP contribution in [0.25, 0.3) is 0 Å². The van der Waals surface area contributed by atoms with Crippen molar-refractivity contribution in [2.75, 3.05) is 26.2 Å². The highest BCUT2D eigenvalue weighted by molar-refractivity contribution is 5.79. The van der Waals surface area contributed by atoms with Crippen LogP contribution in [0.3, 0.4) is 0 Å². The number of nitrogens with one attached hydrogen (secondary N) is 2. The van der Waals surface area contributed by atoms with Crippen LogP contribution >= 0.6 is 0 Å². The van der Waals surface area contributed by atoms with Gasteiger partial charge in [0.1, 0.15) is 0 Å². The third-order valence-electron chi connectivity index (χ3n) is 3.48. The van der Waals surface area contributed by atoms with Gasteiger partial charge in [-0.1, -0.05) is 30.3 Å². The summed E-state index contributed by atoms with van der Waals surface area (Å²) in [6, 6.07) is 9.60. The number of nitrogens with zero attached hydrogens (tertiary/aromatic N) is 1. The highest BCUT2D eigenvalue weighted by Crippen LogP contribution is 2.21. The van der Waals surface area contributed by atoms with Gasteiger partial charge in [-0.05, 0) is 25.3 Å². The standard InChI is InChI=1S/C17H26F3N3O/c1-2-21-16(22-11-7-6-10-17(18,19)20)23-12-15(13-24)14-8-4-3-5-9-14/h3-5,8-9,15,24H,2,6-7,10-13H2,1H3,(H2,21,22,23). The molecule has 1 aromatic rings. The summed E-state index contributed by atoms with van der Waals surface area (Å²) in [5.41, 5.74) is 1.00. The zero-order valence-corrected chi connectivity index (χ0v) is 13.9. The van der Waals surface area contributed by atoms with Gasteiger partial charge in [-0.3, -0.25) is 4.99 Å². The van der Waals surface area contributed by atoms with Crippen LogP contribution in [0.4, 0.5) is 13.2 Å². The summed E-state index contributed by atoms with van der Waals surface area (Å²) in [4.78, 5) is 4.42. The maximum atomic E-state index is 12.1. The average Bonchev–Trinajstić information content (AvgIpc) is 2.55. The first kappa shape index (κ1) is 20.3. The Balaban J connectivity index is 2.46. The molecule has 0 heterocycles. The highest BCUT2D eigenvalue weighted by atomic mass is 19.4. The molecule has 0 saturated heterocycles. The quantitative estimate of drug-likeness (QED) is 0.366. The molecule has 1 rings (SSSR count). The Labute approximate surface area is 141 Å². The van der Waals surface area contributed by atoms with Gasteiger partial charge in [-0.2, -0.15) is 13.2 Å². The molecule has 0 aliphatic rings. The number of aliphatic hydroxyl groups is 1. The summed E-state index contributed by atoms with van der Waals surface area (Å²) in [5, 5.41) is 15.6. The van der Waals surface area contributed by atoms with Gasteiger partial charge in [0.15, 0.2) is 5.96 Å². The number of halogens is 3. The molecule has 3 N–H and O–H groups in total. The van der Waals surface area contributed by atoms with Crippen molar-refractivity contribution < 1.29 is 18.3 Å². The fourth-order valence-electron chi connectivity index (χ4n) is 2.19. The van der Waals surface area contributed by atoms with E-state index < -0.39 is 12.6 Å². The molecule has 0 bridgehead atoms. The molecule has 0 amide bonds. The number of benzene rings is 1. The summed E-state index contributed by atoms with van der Waals surface area (Å²) in [5.74, 6) is 0.450. The van der Waals surface area contributed by atoms with Gasteiger partial charge in [0.05, 0.1) is 13.2 Å². The Bertz CT molecular complexity index is 478. The second kappa shape index (κ2) is 10.9. The van der Waals surface area contributed by atoms with E-state index in [1.165, 1.54) is 0 Å². The first-order valence-corrected chi connectivity index (χ1v) is 8.21. The van der Waals surface area contributed by atoms with Crippen molar-refractivity contribution in [3.05, 3.63) is 35.9 Å². The van der Waals surface area contributed by atoms with Crippen molar-refractivity contribution >= 4 is 5.96 Å². The first-order chi connectivity index (χ1) is 11.5. The lowest BCUT2D eigenvalue weighted by Gasteiger charge is -2.15. The molecule has 0 spiro atoms. The summed E-state index contributed by atoms with van der Waals surface area (Å²) < 4.78 is 36.3. The van der Waals surface area contributed by atoms with Crippen LogP contribution in [0, 0.1) is 0 Å². The average molecular weight is 345 g/mol. The maximum Gasteiger partial charge on any atom is 0.389 e. The zero-order valence-electron chi connectivity index (χ0n) is 13.9. The van der Waals surface area contributed by atoms with Crippen LogP contribution in [0.15, 0.2) is 35.3 Å². The van der Waals surface area contributed by atoms with Crippen LogP contribution in [0.1, 0.15) is 37.7 Å². The normalized spacial score (nSPS) is 13.6. The minimum atomic E-state index is -4.09. The number of unbranched alkanes of at least 4 members (excludes halogenated alkanes) is 1. The number of alkyl halides is 3. The molecule has 0 fully saturated rings. The molecule has 24 heavy (non-hydrogen) atoms. The third-order valence-corrected chi connectivity index (χ3v) is 3.48. The topological polar surface area (TPSA) is 56.7 Å². The Hall–Kier alpha value is -1.76. The molecule has 1 atom stereocenters. The van der Waals surface area contributed by atoms with E-state index in [9.17, 15) is 18.3 Å². The molecule has 7 heteroatoms. The van der Waals surface area contributed by atoms with Gasteiger partial charge in [-0.25, -0.2) is 0 Å². The van der Waals surface area contributed by atoms with Gasteiger partial charge in [0.2, 0.25) is 0 Å². The van der Waals surface area contributed by atoms with Crippen LogP contribution in [-0.2, 0) is 0 Å². The number of hydrogen-bond donors (Lipinski definition) is 3. The van der Waals surface area contributed by atoms with E-state index in [1.54, 1.807) is 0 Å². The number of guanidine groups is 1. The summed E-state index contributed by atoms with van der Waals surface area (Å²) in [6.45, 7) is 3.39. The lowest BCUT2D eigenvalue weighted by Crippen LogP contribution is -2.38. The monoisotopic (exact) mass is 345 g/mol. The van der Waals surface area contributed by atoms with E-state index in [0.29, 0.717) is 32.0 Å². The minimum absolute atomic E-state index is 0.0154. The van der Waals surface area contributed by atoms with E-state index >= 15 is 0 Å². The van der Waals surface area contributed by atoms with Crippen LogP contribution in [-0.4, -0.2) is 43.5 Å². The number of hydrogen-bond acceptors (Lipinski definition) is 2. The lowest BCUT2D eigenvalue weighted by atomic mass is 10.0. The molecule has 136 valence electrons. The Morgan fingerprint density at radius 2 is 1.88 bits per heavy atom. The predicted octanol–water partition coefficient (Wildman–Crippen LogP) is 3.05. The van der Waals surface area contributed by atoms with E-state index in [4.69, 9.17) is 0 Å². The van der Waals surface area contributed by atoms with E-state index in [2.05, 4.69) is 15.6 Å². The van der Waals surface area contributed by atoms with Gasteiger partial charge in [0, 0.05) is 25.4 Å². The first-order valence-electron chi connectivity index (χ1n) is 8.21. The fourth-order valence-corrected chi connectivity index (χ4v) is 2.19. The number of aliphatic hydroxyl groups excluding tert-OH is 1. The molecule has 0 saturated carbocycles. The van der Waals surface area contributed by atoms with Gasteiger partial charge in [0.25, 0.3) is 0 Å². The molecule has 1 unspecified atom stereocenters. The maximum absolute atomic E-state index is 12.1. The molecular weight excluding hydrogens is 319 g/mol. The third kappa shape index (κ3) is 8.76. The number of aliphatic imine (C=N–C) groups is 1. The molecule has 0 radical (unpaired) electrons.